The topological polar surface area (TPSA) is 60.0 Å². The van der Waals surface area contributed by atoms with Crippen LogP contribution in [-0.2, 0) is 6.42 Å². The molecular formula is C19H18FN3O2. The maximum absolute atomic E-state index is 13.7. The Kier molecular flexibility index (Phi) is 4.70. The Morgan fingerprint density at radius 3 is 2.64 bits per heavy atom. The highest BCUT2D eigenvalue weighted by Crippen LogP contribution is 2.32. The van der Waals surface area contributed by atoms with Gasteiger partial charge in [0.15, 0.2) is 11.6 Å². The average molecular weight is 339 g/mol. The molecule has 6 heteroatoms. The highest BCUT2D eigenvalue weighted by atomic mass is 19.1. The molecule has 0 aliphatic carbocycles. The highest BCUT2D eigenvalue weighted by molar-refractivity contribution is 5.70. The zero-order valence-corrected chi connectivity index (χ0v) is 14.3. The summed E-state index contributed by atoms with van der Waals surface area (Å²) in [6.07, 6.45) is 2.27. The van der Waals surface area contributed by atoms with Gasteiger partial charge >= 0.3 is 0 Å². The van der Waals surface area contributed by atoms with Gasteiger partial charge in [-0.25, -0.2) is 14.4 Å². The Hall–Kier alpha value is -2.89. The number of aromatic amines is 1. The average Bonchev–Trinajstić information content (AvgIpc) is 2.92. The number of hydrogen-bond acceptors (Lipinski definition) is 4. The molecule has 0 unspecified atom stereocenters. The van der Waals surface area contributed by atoms with Gasteiger partial charge in [0, 0.05) is 30.8 Å². The molecular weight excluding hydrogens is 321 g/mol. The second-order valence-corrected chi connectivity index (χ2v) is 5.61. The van der Waals surface area contributed by atoms with E-state index < -0.39 is 5.82 Å². The number of rotatable bonds is 5. The van der Waals surface area contributed by atoms with Gasteiger partial charge in [-0.15, -0.1) is 0 Å². The number of H-pyrrole nitrogens is 1. The number of aryl methyl sites for hydroxylation is 1. The van der Waals surface area contributed by atoms with Gasteiger partial charge < -0.3 is 14.5 Å². The molecule has 3 rings (SSSR count). The van der Waals surface area contributed by atoms with E-state index in [2.05, 4.69) is 15.0 Å². The fraction of sp³-hybridized carbons (Fsp3) is 0.211. The molecule has 0 spiro atoms. The van der Waals surface area contributed by atoms with Gasteiger partial charge in [-0.05, 0) is 36.2 Å². The van der Waals surface area contributed by atoms with Gasteiger partial charge in [0.2, 0.25) is 5.88 Å². The Labute approximate surface area is 145 Å². The molecule has 2 heterocycles. The molecule has 128 valence electrons. The number of pyridine rings is 1. The predicted octanol–water partition coefficient (Wildman–Crippen LogP) is 3.59. The van der Waals surface area contributed by atoms with Crippen LogP contribution >= 0.6 is 0 Å². The van der Waals surface area contributed by atoms with Crippen molar-refractivity contribution in [3.05, 3.63) is 66.0 Å². The molecule has 1 aromatic carbocycles. The first-order chi connectivity index (χ1) is 12.0. The second kappa shape index (κ2) is 6.93. The van der Waals surface area contributed by atoms with E-state index in [4.69, 9.17) is 16.4 Å². The third kappa shape index (κ3) is 3.47. The number of hydrogen-bond donors (Lipinski definition) is 1. The number of nitrogens with zero attached hydrogens (tertiary/aromatic N) is 2. The molecule has 25 heavy (non-hydrogen) atoms. The van der Waals surface area contributed by atoms with Crippen LogP contribution < -0.4 is 9.47 Å². The molecule has 2 aromatic heterocycles. The van der Waals surface area contributed by atoms with Crippen molar-refractivity contribution >= 4 is 0 Å². The largest absolute Gasteiger partial charge is 0.494 e. The summed E-state index contributed by atoms with van der Waals surface area (Å²) in [5, 5.41) is 0. The van der Waals surface area contributed by atoms with Crippen molar-refractivity contribution in [2.45, 2.75) is 13.3 Å². The number of benzene rings is 1. The first-order valence-corrected chi connectivity index (χ1v) is 7.69. The molecule has 5 nitrogen and oxygen atoms in total. The van der Waals surface area contributed by atoms with Gasteiger partial charge in [-0.3, -0.25) is 0 Å². The normalized spacial score (nSPS) is 10.8. The summed E-state index contributed by atoms with van der Waals surface area (Å²) < 4.78 is 24.1. The van der Waals surface area contributed by atoms with Crippen molar-refractivity contribution in [3.63, 3.8) is 0 Å². The van der Waals surface area contributed by atoms with Crippen molar-refractivity contribution < 1.29 is 13.9 Å². The minimum atomic E-state index is -0.421. The molecule has 0 saturated carbocycles. The Morgan fingerprint density at radius 2 is 2.00 bits per heavy atom. The second-order valence-electron chi connectivity index (χ2n) is 5.61. The van der Waals surface area contributed by atoms with Crippen LogP contribution in [0.2, 0.25) is 0 Å². The van der Waals surface area contributed by atoms with Crippen LogP contribution in [0.3, 0.4) is 0 Å². The SMILES string of the molecule is [CH]c1nc(C)[nH]c1Cc1cnc(OC)c(-c2ccc(F)c(OC)c2)c1. The Balaban J connectivity index is 2.02. The van der Waals surface area contributed by atoms with Crippen molar-refractivity contribution in [3.8, 4) is 22.8 Å². The van der Waals surface area contributed by atoms with Crippen molar-refractivity contribution in [1.29, 1.82) is 0 Å². The number of imidazole rings is 1. The summed E-state index contributed by atoms with van der Waals surface area (Å²) in [5.74, 6) is 0.956. The van der Waals surface area contributed by atoms with E-state index >= 15 is 0 Å². The number of nitrogens with one attached hydrogen (secondary N) is 1. The predicted molar refractivity (Wildman–Crippen MR) is 92.3 cm³/mol. The third-order valence-electron chi connectivity index (χ3n) is 3.87. The van der Waals surface area contributed by atoms with Crippen LogP contribution in [0, 0.1) is 19.7 Å². The standard InChI is InChI=1S/C19H18FN3O2/c1-11-17(23-12(2)22-11)8-13-7-15(19(25-4)21-10-13)14-5-6-16(20)18(9-14)24-3/h1,5-7,9-10H,8H2,2-4H3,(H,22,23). The summed E-state index contributed by atoms with van der Waals surface area (Å²) in [6.45, 7) is 7.75. The molecule has 0 atom stereocenters. The number of methoxy groups -OCH3 is 2. The first-order valence-electron chi connectivity index (χ1n) is 7.69. The van der Waals surface area contributed by atoms with E-state index in [1.807, 2.05) is 13.0 Å². The number of halogens is 1. The molecule has 0 amide bonds. The van der Waals surface area contributed by atoms with E-state index in [1.165, 1.54) is 13.2 Å². The van der Waals surface area contributed by atoms with E-state index in [9.17, 15) is 4.39 Å². The molecule has 2 radical (unpaired) electrons. The van der Waals surface area contributed by atoms with Gasteiger partial charge in [0.05, 0.1) is 19.9 Å². The monoisotopic (exact) mass is 339 g/mol. The van der Waals surface area contributed by atoms with Crippen molar-refractivity contribution in [2.75, 3.05) is 14.2 Å². The molecule has 0 bridgehead atoms. The van der Waals surface area contributed by atoms with E-state index in [-0.39, 0.29) is 5.75 Å². The Bertz CT molecular complexity index is 906. The van der Waals surface area contributed by atoms with Crippen LogP contribution in [0.15, 0.2) is 30.5 Å². The quantitative estimate of drug-likeness (QED) is 0.772. The first kappa shape index (κ1) is 17.0. The van der Waals surface area contributed by atoms with E-state index in [0.29, 0.717) is 18.0 Å². The van der Waals surface area contributed by atoms with Gasteiger partial charge in [-0.2, -0.15) is 0 Å². The molecule has 3 aromatic rings. The van der Waals surface area contributed by atoms with Crippen LogP contribution in [0.25, 0.3) is 11.1 Å². The third-order valence-corrected chi connectivity index (χ3v) is 3.87. The molecule has 0 saturated heterocycles. The van der Waals surface area contributed by atoms with Crippen molar-refractivity contribution in [2.24, 2.45) is 0 Å². The van der Waals surface area contributed by atoms with Crippen LogP contribution in [0.5, 0.6) is 11.6 Å². The molecule has 0 fully saturated rings. The summed E-state index contributed by atoms with van der Waals surface area (Å²) >= 11 is 0. The maximum Gasteiger partial charge on any atom is 0.221 e. The molecule has 0 aliphatic heterocycles. The maximum atomic E-state index is 13.7. The lowest BCUT2D eigenvalue weighted by atomic mass is 10.0. The lowest BCUT2D eigenvalue weighted by Crippen LogP contribution is -1.98. The summed E-state index contributed by atoms with van der Waals surface area (Å²) in [7, 11) is 2.97. The smallest absolute Gasteiger partial charge is 0.221 e. The van der Waals surface area contributed by atoms with Gasteiger partial charge in [0.25, 0.3) is 0 Å². The fourth-order valence-electron chi connectivity index (χ4n) is 2.69. The van der Waals surface area contributed by atoms with Gasteiger partial charge in [-0.1, -0.05) is 6.07 Å². The zero-order chi connectivity index (χ0) is 18.0. The highest BCUT2D eigenvalue weighted by Gasteiger charge is 2.13. The van der Waals surface area contributed by atoms with Crippen LogP contribution in [-0.4, -0.2) is 29.2 Å². The lowest BCUT2D eigenvalue weighted by Gasteiger charge is -2.11. The minimum Gasteiger partial charge on any atom is -0.494 e. The minimum absolute atomic E-state index is 0.165. The summed E-state index contributed by atoms with van der Waals surface area (Å²) in [4.78, 5) is 11.7. The van der Waals surface area contributed by atoms with Crippen molar-refractivity contribution in [1.82, 2.24) is 15.0 Å². The van der Waals surface area contributed by atoms with Crippen LogP contribution in [0.4, 0.5) is 4.39 Å². The van der Waals surface area contributed by atoms with E-state index in [0.717, 1.165) is 28.2 Å². The fourth-order valence-corrected chi connectivity index (χ4v) is 2.69. The zero-order valence-electron chi connectivity index (χ0n) is 14.3. The van der Waals surface area contributed by atoms with E-state index in [1.54, 1.807) is 25.4 Å². The molecule has 1 N–H and O–H groups in total. The van der Waals surface area contributed by atoms with Crippen LogP contribution in [0.1, 0.15) is 22.8 Å². The molecule has 0 aliphatic rings. The number of ether oxygens (including phenoxy) is 2. The summed E-state index contributed by atoms with van der Waals surface area (Å²) in [5.41, 5.74) is 3.71. The Morgan fingerprint density at radius 1 is 1.20 bits per heavy atom. The van der Waals surface area contributed by atoms with Gasteiger partial charge in [0.1, 0.15) is 5.82 Å². The number of aromatic nitrogens is 3. The lowest BCUT2D eigenvalue weighted by molar-refractivity contribution is 0.386. The summed E-state index contributed by atoms with van der Waals surface area (Å²) in [6, 6.07) is 6.58.